The number of fused-ring (bicyclic) bond motifs is 3. The van der Waals surface area contributed by atoms with Gasteiger partial charge in [0, 0.05) is 32.4 Å². The van der Waals surface area contributed by atoms with Crippen LogP contribution in [-0.2, 0) is 53.4 Å². The number of nitrogens with one attached hydrogen (secondary N) is 2. The molecule has 1 aromatic rings. The van der Waals surface area contributed by atoms with Gasteiger partial charge in [0.1, 0.15) is 12.1 Å². The van der Waals surface area contributed by atoms with Crippen molar-refractivity contribution in [3.05, 3.63) is 47.5 Å². The third-order valence-corrected chi connectivity index (χ3v) is 12.7. The topological polar surface area (TPSA) is 159 Å². The largest absolute Gasteiger partial charge is 0.444 e. The number of carbonyl (C=O) groups is 5. The van der Waals surface area contributed by atoms with E-state index in [4.69, 9.17) is 4.74 Å². The number of allylic oxidation sites excluding steroid dienone is 1. The standard InChI is InChI=1S/C36H48N4O8S/c1-3-5-13-29-33(43)40-21-26(17-30(40)31(41)19-36(18-25(36)4-2)34(44)38-49(46,47)27-15-16-27)48-35(45)39-20-24-12-9-11-23(28(24)22-39)10-7-6-8-14-32(42)37-29/h4,9,11-12,25-27,29-30H,2-3,5-8,10,13-22H2,1H3,(H,37,42)(H,38,44)/t25-,26-,29+,30+,36-/m1/s1. The number of Topliss-reactive ketones (excluding diaryl/α,β-unsaturated/α-hetero) is 1. The normalized spacial score (nSPS) is 29.0. The average Bonchev–Trinajstić information content (AvgIpc) is 3.96. The molecule has 2 aliphatic carbocycles. The molecular formula is C36H48N4O8S. The summed E-state index contributed by atoms with van der Waals surface area (Å²) in [5, 5.41) is 2.32. The summed E-state index contributed by atoms with van der Waals surface area (Å²) in [5.74, 6) is -2.19. The number of rotatable bonds is 10. The molecule has 4 bridgehead atoms. The van der Waals surface area contributed by atoms with Gasteiger partial charge in [-0.3, -0.25) is 28.8 Å². The number of unbranched alkanes of at least 4 members (excludes halogenated alkanes) is 1. The lowest BCUT2D eigenvalue weighted by atomic mass is 9.91. The number of nitrogens with zero attached hydrogens (tertiary/aromatic N) is 2. The lowest BCUT2D eigenvalue weighted by Crippen LogP contribution is -2.52. The van der Waals surface area contributed by atoms with Gasteiger partial charge in [-0.1, -0.05) is 50.5 Å². The Balaban J connectivity index is 1.25. The van der Waals surface area contributed by atoms with Crippen LogP contribution >= 0.6 is 0 Å². The average molecular weight is 697 g/mol. The first-order chi connectivity index (χ1) is 23.5. The van der Waals surface area contributed by atoms with Crippen molar-refractivity contribution in [1.29, 1.82) is 0 Å². The fourth-order valence-electron chi connectivity index (χ4n) is 7.72. The van der Waals surface area contributed by atoms with Gasteiger partial charge in [-0.25, -0.2) is 13.2 Å². The van der Waals surface area contributed by atoms with Crippen molar-refractivity contribution in [3.8, 4) is 0 Å². The van der Waals surface area contributed by atoms with Crippen LogP contribution in [-0.4, -0.2) is 77.8 Å². The van der Waals surface area contributed by atoms with Crippen LogP contribution in [0.15, 0.2) is 30.9 Å². The van der Waals surface area contributed by atoms with E-state index in [2.05, 4.69) is 22.7 Å². The second-order valence-electron chi connectivity index (χ2n) is 14.5. The van der Waals surface area contributed by atoms with Gasteiger partial charge in [0.15, 0.2) is 5.78 Å². The smallest absolute Gasteiger partial charge is 0.410 e. The number of sulfonamides is 1. The van der Waals surface area contributed by atoms with Crippen LogP contribution in [0.25, 0.3) is 0 Å². The van der Waals surface area contributed by atoms with Crippen LogP contribution in [0.1, 0.15) is 101 Å². The maximum atomic E-state index is 14.2. The van der Waals surface area contributed by atoms with E-state index in [-0.39, 0.29) is 38.1 Å². The van der Waals surface area contributed by atoms with E-state index in [0.717, 1.165) is 36.8 Å². The predicted molar refractivity (Wildman–Crippen MR) is 180 cm³/mol. The summed E-state index contributed by atoms with van der Waals surface area (Å²) >= 11 is 0. The van der Waals surface area contributed by atoms with Gasteiger partial charge in [0.05, 0.1) is 23.3 Å². The lowest BCUT2D eigenvalue weighted by molar-refractivity contribution is -0.142. The predicted octanol–water partition coefficient (Wildman–Crippen LogP) is 3.66. The van der Waals surface area contributed by atoms with Crippen LogP contribution in [0.5, 0.6) is 0 Å². The Morgan fingerprint density at radius 1 is 1.10 bits per heavy atom. The van der Waals surface area contributed by atoms with E-state index in [1.165, 1.54) is 10.5 Å². The summed E-state index contributed by atoms with van der Waals surface area (Å²) in [6, 6.07) is 4.21. The van der Waals surface area contributed by atoms with E-state index in [9.17, 15) is 32.4 Å². The molecule has 1 saturated heterocycles. The van der Waals surface area contributed by atoms with E-state index in [0.29, 0.717) is 45.2 Å². The molecule has 0 radical (unpaired) electrons. The minimum atomic E-state index is -3.84. The van der Waals surface area contributed by atoms with Gasteiger partial charge in [0.2, 0.25) is 27.7 Å². The van der Waals surface area contributed by atoms with Crippen LogP contribution in [0.4, 0.5) is 4.79 Å². The monoisotopic (exact) mass is 696 g/mol. The van der Waals surface area contributed by atoms with Crippen molar-refractivity contribution in [3.63, 3.8) is 0 Å². The van der Waals surface area contributed by atoms with Gasteiger partial charge < -0.3 is 15.0 Å². The summed E-state index contributed by atoms with van der Waals surface area (Å²) in [6.07, 6.45) is 6.61. The fraction of sp³-hybridized carbons (Fsp3) is 0.639. The van der Waals surface area contributed by atoms with Gasteiger partial charge in [-0.05, 0) is 67.6 Å². The number of ether oxygens (including phenoxy) is 1. The molecule has 3 heterocycles. The second-order valence-corrected chi connectivity index (χ2v) is 16.5. The molecule has 13 heteroatoms. The van der Waals surface area contributed by atoms with Crippen LogP contribution in [0, 0.1) is 11.3 Å². The van der Waals surface area contributed by atoms with Crippen molar-refractivity contribution < 1.29 is 37.1 Å². The van der Waals surface area contributed by atoms with Crippen molar-refractivity contribution in [2.24, 2.45) is 11.3 Å². The second kappa shape index (κ2) is 14.2. The van der Waals surface area contributed by atoms with E-state index in [1.54, 1.807) is 11.0 Å². The number of hydrogen-bond acceptors (Lipinski definition) is 8. The number of benzene rings is 1. The quantitative estimate of drug-likeness (QED) is 0.351. The number of carbonyl (C=O) groups excluding carboxylic acids is 5. The summed E-state index contributed by atoms with van der Waals surface area (Å²) < 4.78 is 33.5. The first kappa shape index (κ1) is 35.1. The van der Waals surface area contributed by atoms with Crippen LogP contribution < -0.4 is 10.0 Å². The molecule has 4 amide bonds. The molecule has 3 aliphatic heterocycles. The zero-order valence-corrected chi connectivity index (χ0v) is 29.1. The molecule has 266 valence electrons. The first-order valence-corrected chi connectivity index (χ1v) is 19.4. The van der Waals surface area contributed by atoms with E-state index >= 15 is 0 Å². The maximum absolute atomic E-state index is 14.2. The molecule has 5 aliphatic rings. The van der Waals surface area contributed by atoms with Gasteiger partial charge in [0.25, 0.3) is 0 Å². The molecular weight excluding hydrogens is 648 g/mol. The Morgan fingerprint density at radius 2 is 1.86 bits per heavy atom. The third kappa shape index (κ3) is 7.56. The lowest BCUT2D eigenvalue weighted by Gasteiger charge is -2.29. The molecule has 2 N–H and O–H groups in total. The van der Waals surface area contributed by atoms with Crippen molar-refractivity contribution in [1.82, 2.24) is 19.8 Å². The zero-order chi connectivity index (χ0) is 34.9. The van der Waals surface area contributed by atoms with Crippen LogP contribution in [0.3, 0.4) is 0 Å². The summed E-state index contributed by atoms with van der Waals surface area (Å²) in [6.45, 7) is 6.56. The van der Waals surface area contributed by atoms with Gasteiger partial charge >= 0.3 is 6.09 Å². The maximum Gasteiger partial charge on any atom is 0.410 e. The van der Waals surface area contributed by atoms with Gasteiger partial charge in [-0.15, -0.1) is 6.58 Å². The Hall–Kier alpha value is -3.74. The Kier molecular flexibility index (Phi) is 10.2. The Bertz CT molecular complexity index is 1620. The van der Waals surface area contributed by atoms with Crippen molar-refractivity contribution >= 4 is 39.6 Å². The first-order valence-electron chi connectivity index (χ1n) is 17.8. The van der Waals surface area contributed by atoms with E-state index in [1.807, 2.05) is 19.1 Å². The molecule has 5 atom stereocenters. The molecule has 1 aromatic carbocycles. The fourth-order valence-corrected chi connectivity index (χ4v) is 9.11. The Morgan fingerprint density at radius 3 is 2.57 bits per heavy atom. The number of amides is 4. The molecule has 49 heavy (non-hydrogen) atoms. The molecule has 12 nitrogen and oxygen atoms in total. The highest BCUT2D eigenvalue weighted by Crippen LogP contribution is 2.57. The highest BCUT2D eigenvalue weighted by molar-refractivity contribution is 7.90. The third-order valence-electron chi connectivity index (χ3n) is 10.9. The molecule has 0 aromatic heterocycles. The minimum absolute atomic E-state index is 0.0353. The SMILES string of the molecule is C=C[C@@H]1C[C@]1(CC(=O)[C@@H]1C[C@@H]2CN1C(=O)[C@H](CCCC)NC(=O)CCCCCc1cccc3c1CN(C3)C(=O)O2)C(=O)NS(=O)(=O)C1CC1. The molecule has 6 rings (SSSR count). The molecule has 0 unspecified atom stereocenters. The zero-order valence-electron chi connectivity index (χ0n) is 28.3. The van der Waals surface area contributed by atoms with Gasteiger partial charge in [-0.2, -0.15) is 0 Å². The summed E-state index contributed by atoms with van der Waals surface area (Å²) in [4.78, 5) is 71.5. The van der Waals surface area contributed by atoms with E-state index < -0.39 is 68.5 Å². The molecule has 0 spiro atoms. The molecule has 3 fully saturated rings. The number of aryl methyl sites for hydroxylation is 1. The van der Waals surface area contributed by atoms with Crippen molar-refractivity contribution in [2.75, 3.05) is 6.54 Å². The minimum Gasteiger partial charge on any atom is -0.444 e. The highest BCUT2D eigenvalue weighted by atomic mass is 32.2. The highest BCUT2D eigenvalue weighted by Gasteiger charge is 2.61. The summed E-state index contributed by atoms with van der Waals surface area (Å²) in [5.41, 5.74) is 2.07. The molecule has 2 saturated carbocycles. The van der Waals surface area contributed by atoms with Crippen molar-refractivity contribution in [2.45, 2.75) is 127 Å². The summed E-state index contributed by atoms with van der Waals surface area (Å²) in [7, 11) is -3.84. The number of ketones is 1. The number of hydrogen-bond donors (Lipinski definition) is 2. The Labute approximate surface area is 288 Å². The van der Waals surface area contributed by atoms with Crippen LogP contribution in [0.2, 0.25) is 0 Å².